The molecular weight excluding hydrogens is 391 g/mol. The topological polar surface area (TPSA) is 52.2 Å². The molecule has 0 aliphatic heterocycles. The first kappa shape index (κ1) is 17.4. The third kappa shape index (κ3) is 3.32. The summed E-state index contributed by atoms with van der Waals surface area (Å²) in [6.45, 7) is 0. The molecule has 0 radical (unpaired) electrons. The zero-order valence-electron chi connectivity index (χ0n) is 13.6. The van der Waals surface area contributed by atoms with E-state index in [9.17, 15) is 4.79 Å². The van der Waals surface area contributed by atoms with E-state index in [1.807, 2.05) is 0 Å². The van der Waals surface area contributed by atoms with Gasteiger partial charge in [-0.05, 0) is 31.0 Å². The molecule has 0 N–H and O–H groups in total. The van der Waals surface area contributed by atoms with Crippen LogP contribution in [0.4, 0.5) is 0 Å². The van der Waals surface area contributed by atoms with Crippen molar-refractivity contribution in [3.05, 3.63) is 74.8 Å². The van der Waals surface area contributed by atoms with Crippen LogP contribution in [-0.2, 0) is 0 Å². The molecule has 4 rings (SSSR count). The second kappa shape index (κ2) is 7.31. The largest absolute Gasteiger partial charge is 0.300 e. The Balaban J connectivity index is 1.66. The van der Waals surface area contributed by atoms with Gasteiger partial charge in [-0.1, -0.05) is 58.8 Å². The molecule has 0 fully saturated rings. The van der Waals surface area contributed by atoms with Crippen LogP contribution in [0.25, 0.3) is 11.3 Å². The van der Waals surface area contributed by atoms with E-state index >= 15 is 0 Å². The van der Waals surface area contributed by atoms with E-state index in [1.54, 1.807) is 46.8 Å². The maximum absolute atomic E-state index is 12.8. The molecular formula is C18H14Cl2N4OS. The van der Waals surface area contributed by atoms with Crippen molar-refractivity contribution in [3.63, 3.8) is 0 Å². The van der Waals surface area contributed by atoms with Gasteiger partial charge < -0.3 is 0 Å². The molecule has 0 saturated heterocycles. The Morgan fingerprint density at radius 2 is 2.04 bits per heavy atom. The highest BCUT2D eigenvalue weighted by Crippen LogP contribution is 2.25. The predicted molar refractivity (Wildman–Crippen MR) is 106 cm³/mol. The number of halogens is 2. The molecule has 3 aromatic rings. The number of aromatic nitrogens is 4. The lowest BCUT2D eigenvalue weighted by Crippen LogP contribution is -2.20. The Labute approximate surface area is 164 Å². The fourth-order valence-corrected chi connectivity index (χ4v) is 3.96. The minimum Gasteiger partial charge on any atom is -0.280 e. The summed E-state index contributed by atoms with van der Waals surface area (Å²) in [4.78, 5) is 12.8. The van der Waals surface area contributed by atoms with Crippen LogP contribution < -0.4 is 5.56 Å². The molecule has 0 amide bonds. The third-order valence-corrected chi connectivity index (χ3v) is 5.90. The van der Waals surface area contributed by atoms with E-state index in [4.69, 9.17) is 23.2 Å². The van der Waals surface area contributed by atoms with E-state index in [2.05, 4.69) is 28.4 Å². The smallest absolute Gasteiger partial charge is 0.280 e. The van der Waals surface area contributed by atoms with Gasteiger partial charge in [0.15, 0.2) is 5.16 Å². The Bertz CT molecular complexity index is 1100. The zero-order valence-corrected chi connectivity index (χ0v) is 15.9. The molecule has 2 heterocycles. The molecule has 26 heavy (non-hydrogen) atoms. The van der Waals surface area contributed by atoms with Crippen LogP contribution in [0.3, 0.4) is 0 Å². The number of nitrogens with zero attached hydrogens (tertiary/aromatic N) is 4. The summed E-state index contributed by atoms with van der Waals surface area (Å²) in [5, 5.41) is 9.79. The molecule has 0 unspecified atom stereocenters. The molecule has 0 bridgehead atoms. The first-order valence-corrected chi connectivity index (χ1v) is 9.77. The first-order chi connectivity index (χ1) is 12.6. The number of rotatable bonds is 4. The van der Waals surface area contributed by atoms with Crippen molar-refractivity contribution in [3.8, 4) is 5.69 Å². The summed E-state index contributed by atoms with van der Waals surface area (Å²) < 4.78 is 3.20. The number of thioether (sulfide) groups is 1. The fourth-order valence-electron chi connectivity index (χ4n) is 2.73. The average molecular weight is 405 g/mol. The normalized spacial score (nSPS) is 14.0. The number of hydrogen-bond acceptors (Lipinski definition) is 4. The van der Waals surface area contributed by atoms with Crippen LogP contribution in [0.2, 0.25) is 10.0 Å². The van der Waals surface area contributed by atoms with Crippen molar-refractivity contribution in [1.82, 2.24) is 19.2 Å². The van der Waals surface area contributed by atoms with Gasteiger partial charge in [0.05, 0.1) is 15.7 Å². The highest BCUT2D eigenvalue weighted by Gasteiger charge is 2.13. The van der Waals surface area contributed by atoms with E-state index in [0.717, 1.165) is 18.6 Å². The highest BCUT2D eigenvalue weighted by atomic mass is 35.5. The Morgan fingerprint density at radius 3 is 2.81 bits per heavy atom. The maximum atomic E-state index is 12.8. The van der Waals surface area contributed by atoms with Crippen LogP contribution in [-0.4, -0.2) is 24.9 Å². The quantitative estimate of drug-likeness (QED) is 0.598. The van der Waals surface area contributed by atoms with Crippen molar-refractivity contribution in [1.29, 1.82) is 0 Å². The number of fused-ring (bicyclic) bond motifs is 1. The van der Waals surface area contributed by atoms with E-state index < -0.39 is 0 Å². The predicted octanol–water partition coefficient (Wildman–Crippen LogP) is 4.56. The van der Waals surface area contributed by atoms with Crippen LogP contribution >= 0.6 is 35.0 Å². The Kier molecular flexibility index (Phi) is 4.89. The van der Waals surface area contributed by atoms with Gasteiger partial charge in [-0.25, -0.2) is 0 Å². The van der Waals surface area contributed by atoms with Crippen molar-refractivity contribution < 1.29 is 0 Å². The van der Waals surface area contributed by atoms with Gasteiger partial charge in [-0.2, -0.15) is 0 Å². The lowest BCUT2D eigenvalue weighted by atomic mass is 10.1. The van der Waals surface area contributed by atoms with Crippen molar-refractivity contribution in [2.75, 3.05) is 5.75 Å². The van der Waals surface area contributed by atoms with Crippen LogP contribution in [0, 0.1) is 0 Å². The maximum Gasteiger partial charge on any atom is 0.300 e. The summed E-state index contributed by atoms with van der Waals surface area (Å²) in [6, 6.07) is 5.05. The van der Waals surface area contributed by atoms with Gasteiger partial charge in [0, 0.05) is 18.1 Å². The highest BCUT2D eigenvalue weighted by molar-refractivity contribution is 7.99. The second-order valence-corrected chi connectivity index (χ2v) is 7.59. The summed E-state index contributed by atoms with van der Waals surface area (Å²) in [6.07, 6.45) is 12.0. The van der Waals surface area contributed by atoms with E-state index in [1.165, 1.54) is 10.1 Å². The molecule has 1 aliphatic rings. The second-order valence-electron chi connectivity index (χ2n) is 5.83. The van der Waals surface area contributed by atoms with Crippen molar-refractivity contribution in [2.24, 2.45) is 0 Å². The molecule has 132 valence electrons. The Morgan fingerprint density at radius 1 is 1.15 bits per heavy atom. The van der Waals surface area contributed by atoms with Gasteiger partial charge in [0.2, 0.25) is 5.65 Å². The number of allylic oxidation sites excluding steroid dienone is 3. The van der Waals surface area contributed by atoms with Gasteiger partial charge >= 0.3 is 5.56 Å². The number of benzene rings is 1. The van der Waals surface area contributed by atoms with Gasteiger partial charge in [-0.15, -0.1) is 10.2 Å². The Hall–Kier alpha value is -2.02. The molecule has 0 saturated carbocycles. The van der Waals surface area contributed by atoms with E-state index in [-0.39, 0.29) is 11.2 Å². The van der Waals surface area contributed by atoms with E-state index in [0.29, 0.717) is 20.9 Å². The summed E-state index contributed by atoms with van der Waals surface area (Å²) in [5.41, 5.74) is 2.00. The van der Waals surface area contributed by atoms with Crippen LogP contribution in [0.5, 0.6) is 0 Å². The van der Waals surface area contributed by atoms with Crippen molar-refractivity contribution in [2.45, 2.75) is 18.0 Å². The van der Waals surface area contributed by atoms with Gasteiger partial charge in [-0.3, -0.25) is 13.8 Å². The molecule has 2 aromatic heterocycles. The molecule has 8 heteroatoms. The molecule has 1 aliphatic carbocycles. The monoisotopic (exact) mass is 404 g/mol. The van der Waals surface area contributed by atoms with Gasteiger partial charge in [0.25, 0.3) is 0 Å². The summed E-state index contributed by atoms with van der Waals surface area (Å²) in [7, 11) is 0. The lowest BCUT2D eigenvalue weighted by molar-refractivity contribution is 0.892. The molecule has 0 spiro atoms. The third-order valence-electron chi connectivity index (χ3n) is 4.11. The fraction of sp³-hybridized carbons (Fsp3) is 0.167. The minimum absolute atomic E-state index is 0.259. The summed E-state index contributed by atoms with van der Waals surface area (Å²) >= 11 is 13.6. The first-order valence-electron chi connectivity index (χ1n) is 8.02. The SMILES string of the molecule is O=c1c2nnc(SCC3=CC=CCC3)n2ccn1-c1ccc(Cl)c(Cl)c1. The lowest BCUT2D eigenvalue weighted by Gasteiger charge is -2.09. The van der Waals surface area contributed by atoms with Crippen molar-refractivity contribution >= 4 is 40.6 Å². The molecule has 5 nitrogen and oxygen atoms in total. The standard InChI is InChI=1S/C18H14Cl2N4OS/c19-14-7-6-13(10-15(14)20)23-8-9-24-16(17(23)25)21-22-18(24)26-11-12-4-2-1-3-5-12/h1-2,4,6-10H,3,5,11H2. The summed E-state index contributed by atoms with van der Waals surface area (Å²) in [5.74, 6) is 0.834. The van der Waals surface area contributed by atoms with Crippen LogP contribution in [0.1, 0.15) is 12.8 Å². The molecule has 0 atom stereocenters. The number of hydrogen-bond donors (Lipinski definition) is 0. The average Bonchev–Trinajstić information content (AvgIpc) is 3.08. The minimum atomic E-state index is -0.259. The van der Waals surface area contributed by atoms with Gasteiger partial charge in [0.1, 0.15) is 0 Å². The zero-order chi connectivity index (χ0) is 18.1. The molecule has 1 aromatic carbocycles. The van der Waals surface area contributed by atoms with Crippen LogP contribution in [0.15, 0.2) is 64.3 Å².